The quantitative estimate of drug-likeness (QED) is 0.655. The first kappa shape index (κ1) is 7.84. The first-order chi connectivity index (χ1) is 5.90. The molecule has 2 heteroatoms. The molecule has 1 aliphatic heterocycles. The van der Waals surface area contributed by atoms with Crippen molar-refractivity contribution in [1.29, 1.82) is 0 Å². The predicted octanol–water partition coefficient (Wildman–Crippen LogP) is 2.17. The number of hydrogen-bond donors (Lipinski definition) is 0. The number of rotatable bonds is 2. The third-order valence-corrected chi connectivity index (χ3v) is 2.46. The highest BCUT2D eigenvalue weighted by Gasteiger charge is 2.10. The molecule has 0 saturated carbocycles. The van der Waals surface area contributed by atoms with Crippen molar-refractivity contribution in [2.24, 2.45) is 0 Å². The number of aryl methyl sites for hydroxylation is 3. The molecule has 0 saturated heterocycles. The normalized spacial score (nSPS) is 16.1. The van der Waals surface area contributed by atoms with Crippen LogP contribution in [0.25, 0.3) is 0 Å². The summed E-state index contributed by atoms with van der Waals surface area (Å²) in [5, 5.41) is 0. The van der Waals surface area contributed by atoms with E-state index in [9.17, 15) is 0 Å². The lowest BCUT2D eigenvalue weighted by Gasteiger charge is -2.11. The highest BCUT2D eigenvalue weighted by Crippen LogP contribution is 2.14. The Morgan fingerprint density at radius 3 is 3.17 bits per heavy atom. The maximum absolute atomic E-state index is 4.60. The molecule has 0 spiro atoms. The van der Waals surface area contributed by atoms with Gasteiger partial charge in [-0.05, 0) is 19.3 Å². The largest absolute Gasteiger partial charge is 0.335 e. The molecular weight excluding hydrogens is 148 g/mol. The summed E-state index contributed by atoms with van der Waals surface area (Å²) in [6.45, 7) is 3.39. The van der Waals surface area contributed by atoms with Crippen LogP contribution in [-0.2, 0) is 19.4 Å². The van der Waals surface area contributed by atoms with Crippen molar-refractivity contribution < 1.29 is 0 Å². The van der Waals surface area contributed by atoms with Crippen molar-refractivity contribution in [3.8, 4) is 0 Å². The molecule has 2 heterocycles. The van der Waals surface area contributed by atoms with Gasteiger partial charge in [-0.2, -0.15) is 0 Å². The minimum absolute atomic E-state index is 1.14. The number of aromatic nitrogens is 2. The molecule has 2 rings (SSSR count). The Morgan fingerprint density at radius 2 is 2.42 bits per heavy atom. The molecule has 0 atom stereocenters. The zero-order valence-electron chi connectivity index (χ0n) is 7.71. The van der Waals surface area contributed by atoms with Crippen LogP contribution in [0.5, 0.6) is 0 Å². The van der Waals surface area contributed by atoms with Gasteiger partial charge in [0.25, 0.3) is 0 Å². The van der Waals surface area contributed by atoms with Gasteiger partial charge >= 0.3 is 0 Å². The van der Waals surface area contributed by atoms with Crippen LogP contribution in [0.4, 0.5) is 0 Å². The van der Waals surface area contributed by atoms with Crippen molar-refractivity contribution in [2.75, 3.05) is 0 Å². The van der Waals surface area contributed by atoms with E-state index < -0.39 is 0 Å². The lowest BCUT2D eigenvalue weighted by molar-refractivity contribution is 0.522. The summed E-state index contributed by atoms with van der Waals surface area (Å²) in [6.07, 6.45) is 8.41. The average Bonchev–Trinajstić information content (AvgIpc) is 2.47. The molecule has 2 nitrogen and oxygen atoms in total. The van der Waals surface area contributed by atoms with Crippen molar-refractivity contribution >= 4 is 0 Å². The van der Waals surface area contributed by atoms with Crippen LogP contribution in [0, 0.1) is 0 Å². The van der Waals surface area contributed by atoms with Gasteiger partial charge in [-0.15, -0.1) is 0 Å². The fourth-order valence-corrected chi connectivity index (χ4v) is 1.85. The second-order valence-electron chi connectivity index (χ2n) is 3.55. The Labute approximate surface area is 73.6 Å². The first-order valence-electron chi connectivity index (χ1n) is 4.95. The van der Waals surface area contributed by atoms with Crippen LogP contribution >= 0.6 is 0 Å². The molecule has 12 heavy (non-hydrogen) atoms. The summed E-state index contributed by atoms with van der Waals surface area (Å²) in [7, 11) is 0. The lowest BCUT2D eigenvalue weighted by atomic mass is 10.2. The van der Waals surface area contributed by atoms with Gasteiger partial charge in [0.1, 0.15) is 5.82 Å². The summed E-state index contributed by atoms with van der Waals surface area (Å²) < 4.78 is 2.33. The van der Waals surface area contributed by atoms with Gasteiger partial charge in [0, 0.05) is 19.2 Å². The van der Waals surface area contributed by atoms with E-state index in [0.717, 1.165) is 6.42 Å². The smallest absolute Gasteiger partial charge is 0.108 e. The van der Waals surface area contributed by atoms with Gasteiger partial charge in [-0.1, -0.05) is 13.3 Å². The van der Waals surface area contributed by atoms with E-state index in [4.69, 9.17) is 0 Å². The van der Waals surface area contributed by atoms with E-state index >= 15 is 0 Å². The molecular formula is C10H16N2. The van der Waals surface area contributed by atoms with E-state index in [0.29, 0.717) is 0 Å². The van der Waals surface area contributed by atoms with Crippen LogP contribution in [0.3, 0.4) is 0 Å². The first-order valence-corrected chi connectivity index (χ1v) is 4.95. The Hall–Kier alpha value is -0.790. The van der Waals surface area contributed by atoms with Gasteiger partial charge < -0.3 is 4.57 Å². The average molecular weight is 164 g/mol. The van der Waals surface area contributed by atoms with Crippen LogP contribution in [0.15, 0.2) is 6.20 Å². The fourth-order valence-electron chi connectivity index (χ4n) is 1.85. The highest BCUT2D eigenvalue weighted by molar-refractivity contribution is 5.06. The zero-order chi connectivity index (χ0) is 8.39. The van der Waals surface area contributed by atoms with Gasteiger partial charge in [-0.25, -0.2) is 4.98 Å². The van der Waals surface area contributed by atoms with Gasteiger partial charge in [0.15, 0.2) is 0 Å². The Morgan fingerprint density at radius 1 is 1.50 bits per heavy atom. The van der Waals surface area contributed by atoms with Crippen LogP contribution in [-0.4, -0.2) is 9.55 Å². The minimum Gasteiger partial charge on any atom is -0.335 e. The Bertz CT molecular complexity index is 239. The predicted molar refractivity (Wildman–Crippen MR) is 49.2 cm³/mol. The molecule has 1 aliphatic rings. The number of nitrogens with zero attached hydrogens (tertiary/aromatic N) is 2. The molecule has 0 amide bonds. The van der Waals surface area contributed by atoms with E-state index in [-0.39, 0.29) is 0 Å². The topological polar surface area (TPSA) is 17.8 Å². The molecule has 0 radical (unpaired) electrons. The zero-order valence-corrected chi connectivity index (χ0v) is 7.71. The standard InChI is InChI=1S/C10H16N2/c1-2-5-9-8-12-7-4-3-6-10(12)11-9/h8H,2-7H2,1H3. The van der Waals surface area contributed by atoms with Gasteiger partial charge in [0.05, 0.1) is 5.69 Å². The second-order valence-corrected chi connectivity index (χ2v) is 3.55. The van der Waals surface area contributed by atoms with Gasteiger partial charge in [-0.3, -0.25) is 0 Å². The third-order valence-electron chi connectivity index (χ3n) is 2.46. The molecule has 0 bridgehead atoms. The van der Waals surface area contributed by atoms with Crippen LogP contribution in [0.2, 0.25) is 0 Å². The molecule has 0 aromatic carbocycles. The highest BCUT2D eigenvalue weighted by atomic mass is 15.1. The summed E-state index contributed by atoms with van der Waals surface area (Å²) in [5.74, 6) is 1.31. The SMILES string of the molecule is CCCc1cn2c(n1)CCCC2. The molecule has 0 unspecified atom stereocenters. The number of fused-ring (bicyclic) bond motifs is 1. The van der Waals surface area contributed by atoms with E-state index in [1.54, 1.807) is 0 Å². The monoisotopic (exact) mass is 164 g/mol. The fraction of sp³-hybridized carbons (Fsp3) is 0.700. The van der Waals surface area contributed by atoms with Crippen LogP contribution < -0.4 is 0 Å². The Balaban J connectivity index is 2.20. The summed E-state index contributed by atoms with van der Waals surface area (Å²) >= 11 is 0. The van der Waals surface area contributed by atoms with E-state index in [1.165, 1.54) is 43.7 Å². The molecule has 0 aliphatic carbocycles. The summed E-state index contributed by atoms with van der Waals surface area (Å²) in [4.78, 5) is 4.60. The molecule has 66 valence electrons. The second kappa shape index (κ2) is 3.30. The van der Waals surface area contributed by atoms with E-state index in [2.05, 4.69) is 22.7 Å². The molecule has 0 N–H and O–H groups in total. The Kier molecular flexibility index (Phi) is 2.15. The van der Waals surface area contributed by atoms with Crippen molar-refractivity contribution in [3.63, 3.8) is 0 Å². The number of hydrogen-bond acceptors (Lipinski definition) is 1. The molecule has 1 aromatic rings. The third kappa shape index (κ3) is 1.38. The number of imidazole rings is 1. The van der Waals surface area contributed by atoms with E-state index in [1.807, 2.05) is 0 Å². The summed E-state index contributed by atoms with van der Waals surface area (Å²) in [5.41, 5.74) is 1.29. The molecule has 0 fully saturated rings. The van der Waals surface area contributed by atoms with Gasteiger partial charge in [0.2, 0.25) is 0 Å². The summed E-state index contributed by atoms with van der Waals surface area (Å²) in [6, 6.07) is 0. The maximum atomic E-state index is 4.60. The van der Waals surface area contributed by atoms with Crippen molar-refractivity contribution in [1.82, 2.24) is 9.55 Å². The van der Waals surface area contributed by atoms with Crippen molar-refractivity contribution in [2.45, 2.75) is 45.6 Å². The van der Waals surface area contributed by atoms with Crippen molar-refractivity contribution in [3.05, 3.63) is 17.7 Å². The molecule has 1 aromatic heterocycles. The van der Waals surface area contributed by atoms with Crippen LogP contribution in [0.1, 0.15) is 37.7 Å². The minimum atomic E-state index is 1.14. The maximum Gasteiger partial charge on any atom is 0.108 e. The lowest BCUT2D eigenvalue weighted by Crippen LogP contribution is -2.08.